The Balaban J connectivity index is 4.32. The van der Waals surface area contributed by atoms with E-state index < -0.39 is 28.7 Å². The summed E-state index contributed by atoms with van der Waals surface area (Å²) in [6, 6.07) is 0. The van der Waals surface area contributed by atoms with E-state index in [9.17, 15) is 9.59 Å². The second kappa shape index (κ2) is 9.55. The Hall–Kier alpha value is -0.360. The van der Waals surface area contributed by atoms with Crippen LogP contribution in [-0.2, 0) is 19.1 Å². The third kappa shape index (κ3) is 7.87. The third-order valence-corrected chi connectivity index (χ3v) is 2.64. The zero-order valence-corrected chi connectivity index (χ0v) is 12.9. The van der Waals surface area contributed by atoms with Gasteiger partial charge in [0, 0.05) is 6.42 Å². The van der Waals surface area contributed by atoms with Crippen LogP contribution < -0.4 is 0 Å². The van der Waals surface area contributed by atoms with Gasteiger partial charge in [0.05, 0.1) is 10.5 Å². The fourth-order valence-electron chi connectivity index (χ4n) is 1.16. The smallest absolute Gasteiger partial charge is 0.321 e. The summed E-state index contributed by atoms with van der Waals surface area (Å²) in [5.74, 6) is -0.973. The number of ether oxygens (including phenoxy) is 2. The summed E-state index contributed by atoms with van der Waals surface area (Å²) in [6.45, 7) is 5.29. The van der Waals surface area contributed by atoms with Gasteiger partial charge in [-0.05, 0) is 20.3 Å². The molecular weight excluding hydrogens is 272 g/mol. The van der Waals surface area contributed by atoms with Crippen molar-refractivity contribution in [3.63, 3.8) is 0 Å². The lowest BCUT2D eigenvalue weighted by Gasteiger charge is -2.20. The largest absolute Gasteiger partial charge is 0.424 e. The molecule has 0 saturated heterocycles. The summed E-state index contributed by atoms with van der Waals surface area (Å²) < 4.78 is 10.2. The zero-order chi connectivity index (χ0) is 14.1. The van der Waals surface area contributed by atoms with Gasteiger partial charge < -0.3 is 9.47 Å². The molecule has 0 fully saturated rings. The van der Waals surface area contributed by atoms with E-state index in [4.69, 9.17) is 9.47 Å². The van der Waals surface area contributed by atoms with Gasteiger partial charge in [-0.15, -0.1) is 0 Å². The third-order valence-electron chi connectivity index (χ3n) is 2.22. The Bertz CT molecular complexity index is 245. The number of carbonyl (C=O) groups excluding carboxylic acids is 2. The van der Waals surface area contributed by atoms with Crippen molar-refractivity contribution in [3.8, 4) is 0 Å². The normalized spacial score (nSPS) is 15.6. The molecule has 0 heterocycles. The summed E-state index contributed by atoms with van der Waals surface area (Å²) in [4.78, 5) is 22.9. The van der Waals surface area contributed by atoms with Crippen molar-refractivity contribution < 1.29 is 19.1 Å². The summed E-state index contributed by atoms with van der Waals surface area (Å²) >= 11 is 7.96. The van der Waals surface area contributed by atoms with E-state index in [0.29, 0.717) is 6.42 Å². The molecule has 0 aliphatic carbocycles. The van der Waals surface area contributed by atoms with Crippen molar-refractivity contribution in [2.75, 3.05) is 0 Å². The first kappa shape index (κ1) is 17.6. The molecule has 2 atom stereocenters. The second-order valence-corrected chi connectivity index (χ2v) is 5.70. The van der Waals surface area contributed by atoms with Gasteiger partial charge in [-0.1, -0.05) is 19.8 Å². The average molecular weight is 294 g/mol. The first-order chi connectivity index (χ1) is 8.38. The molecule has 0 aromatic carbocycles. The Labute approximate surface area is 120 Å². The average Bonchev–Trinajstić information content (AvgIpc) is 2.28. The minimum absolute atomic E-state index is 0.487. The van der Waals surface area contributed by atoms with Gasteiger partial charge in [0.2, 0.25) is 6.29 Å². The Morgan fingerprint density at radius 2 is 1.44 bits per heavy atom. The maximum Gasteiger partial charge on any atom is 0.321 e. The molecule has 0 amide bonds. The van der Waals surface area contributed by atoms with E-state index in [1.807, 2.05) is 0 Å². The van der Waals surface area contributed by atoms with Gasteiger partial charge in [0.1, 0.15) is 0 Å². The molecule has 0 N–H and O–H groups in total. The summed E-state index contributed by atoms with van der Waals surface area (Å²) in [7, 11) is 0. The molecule has 0 bridgehead atoms. The molecule has 0 aliphatic rings. The highest BCUT2D eigenvalue weighted by molar-refractivity contribution is 7.82. The molecule has 0 aromatic heterocycles. The van der Waals surface area contributed by atoms with Gasteiger partial charge in [-0.3, -0.25) is 9.59 Å². The molecule has 0 saturated carbocycles. The first-order valence-corrected chi connectivity index (χ1v) is 7.18. The maximum atomic E-state index is 11.4. The minimum Gasteiger partial charge on any atom is -0.424 e. The van der Waals surface area contributed by atoms with Crippen molar-refractivity contribution in [3.05, 3.63) is 0 Å². The van der Waals surface area contributed by atoms with Gasteiger partial charge in [-0.25, -0.2) is 0 Å². The molecular formula is C12H22O4S2. The van der Waals surface area contributed by atoms with Crippen LogP contribution in [0.15, 0.2) is 0 Å². The lowest BCUT2D eigenvalue weighted by molar-refractivity contribution is -0.188. The van der Waals surface area contributed by atoms with Gasteiger partial charge in [0.15, 0.2) is 0 Å². The molecule has 2 unspecified atom stereocenters. The molecule has 106 valence electrons. The number of unbranched alkanes of at least 4 members (excludes halogenated alkanes) is 2. The summed E-state index contributed by atoms with van der Waals surface area (Å²) in [6.07, 6.45) is 2.55. The van der Waals surface area contributed by atoms with Gasteiger partial charge in [-0.2, -0.15) is 25.3 Å². The van der Waals surface area contributed by atoms with Crippen LogP contribution in [0.1, 0.15) is 46.5 Å². The van der Waals surface area contributed by atoms with Crippen LogP contribution in [0, 0.1) is 0 Å². The first-order valence-electron chi connectivity index (χ1n) is 6.15. The highest BCUT2D eigenvalue weighted by Gasteiger charge is 2.22. The monoisotopic (exact) mass is 294 g/mol. The van der Waals surface area contributed by atoms with E-state index in [-0.39, 0.29) is 0 Å². The Morgan fingerprint density at radius 3 is 1.78 bits per heavy atom. The molecule has 4 nitrogen and oxygen atoms in total. The van der Waals surface area contributed by atoms with E-state index in [1.165, 1.54) is 0 Å². The van der Waals surface area contributed by atoms with Gasteiger partial charge in [0.25, 0.3) is 0 Å². The second-order valence-electron chi connectivity index (χ2n) is 4.15. The van der Waals surface area contributed by atoms with Crippen LogP contribution in [-0.4, -0.2) is 28.7 Å². The molecule has 6 heteroatoms. The van der Waals surface area contributed by atoms with Crippen molar-refractivity contribution in [2.45, 2.75) is 63.2 Å². The summed E-state index contributed by atoms with van der Waals surface area (Å²) in [5, 5.41) is -1.07. The SMILES string of the molecule is CCCCCC(OC(=O)C(C)S)OC(=O)C(C)S. The van der Waals surface area contributed by atoms with Crippen molar-refractivity contribution in [1.29, 1.82) is 0 Å². The quantitative estimate of drug-likeness (QED) is 0.313. The van der Waals surface area contributed by atoms with Crippen LogP contribution in [0.25, 0.3) is 0 Å². The van der Waals surface area contributed by atoms with Crippen LogP contribution in [0.2, 0.25) is 0 Å². The van der Waals surface area contributed by atoms with Gasteiger partial charge >= 0.3 is 11.9 Å². The minimum atomic E-state index is -0.833. The topological polar surface area (TPSA) is 52.6 Å². The predicted molar refractivity (Wildman–Crippen MR) is 77.0 cm³/mol. The highest BCUT2D eigenvalue weighted by atomic mass is 32.1. The molecule has 18 heavy (non-hydrogen) atoms. The number of rotatable bonds is 8. The van der Waals surface area contributed by atoms with Crippen molar-refractivity contribution >= 4 is 37.2 Å². The van der Waals surface area contributed by atoms with E-state index >= 15 is 0 Å². The van der Waals surface area contributed by atoms with Crippen LogP contribution in [0.5, 0.6) is 0 Å². The molecule has 0 aromatic rings. The molecule has 0 aliphatic heterocycles. The highest BCUT2D eigenvalue weighted by Crippen LogP contribution is 2.12. The zero-order valence-electron chi connectivity index (χ0n) is 11.1. The molecule has 0 radical (unpaired) electrons. The fourth-order valence-corrected chi connectivity index (χ4v) is 1.28. The Morgan fingerprint density at radius 1 is 1.00 bits per heavy atom. The van der Waals surface area contributed by atoms with Crippen molar-refractivity contribution in [1.82, 2.24) is 0 Å². The fraction of sp³-hybridized carbons (Fsp3) is 0.833. The van der Waals surface area contributed by atoms with Crippen LogP contribution >= 0.6 is 25.3 Å². The lowest BCUT2D eigenvalue weighted by atomic mass is 10.2. The Kier molecular flexibility index (Phi) is 9.36. The van der Waals surface area contributed by atoms with Crippen LogP contribution in [0.3, 0.4) is 0 Å². The number of thiol groups is 2. The molecule has 0 spiro atoms. The number of hydrogen-bond acceptors (Lipinski definition) is 6. The molecule has 0 rings (SSSR count). The predicted octanol–water partition coefficient (Wildman–Crippen LogP) is 2.62. The van der Waals surface area contributed by atoms with Crippen molar-refractivity contribution in [2.24, 2.45) is 0 Å². The van der Waals surface area contributed by atoms with E-state index in [0.717, 1.165) is 19.3 Å². The summed E-state index contributed by atoms with van der Waals surface area (Å²) in [5.41, 5.74) is 0. The van der Waals surface area contributed by atoms with E-state index in [2.05, 4.69) is 32.2 Å². The standard InChI is InChI=1S/C12H22O4S2/c1-4-5-6-7-10(15-11(13)8(2)17)16-12(14)9(3)18/h8-10,17-18H,4-7H2,1-3H3. The van der Waals surface area contributed by atoms with Crippen LogP contribution in [0.4, 0.5) is 0 Å². The van der Waals surface area contributed by atoms with E-state index in [1.54, 1.807) is 13.8 Å². The lowest BCUT2D eigenvalue weighted by Crippen LogP contribution is -2.30. The number of carbonyl (C=O) groups is 2. The maximum absolute atomic E-state index is 11.4. The number of esters is 2. The number of hydrogen-bond donors (Lipinski definition) is 2.